The fourth-order valence-corrected chi connectivity index (χ4v) is 5.72. The van der Waals surface area contributed by atoms with E-state index in [1.807, 2.05) is 12.1 Å². The first-order valence-electron chi connectivity index (χ1n) is 9.83. The Morgan fingerprint density at radius 3 is 2.43 bits per heavy atom. The average Bonchev–Trinajstić information content (AvgIpc) is 3.16. The second kappa shape index (κ2) is 6.33. The van der Waals surface area contributed by atoms with Gasteiger partial charge in [-0.2, -0.15) is 0 Å². The van der Waals surface area contributed by atoms with E-state index in [9.17, 15) is 4.79 Å². The molecule has 1 aliphatic carbocycles. The van der Waals surface area contributed by atoms with E-state index >= 15 is 0 Å². The normalized spacial score (nSPS) is 25.8. The number of nitrogens with zero attached hydrogens (tertiary/aromatic N) is 1. The first kappa shape index (κ1) is 19.0. The zero-order valence-corrected chi connectivity index (χ0v) is 17.6. The van der Waals surface area contributed by atoms with Crippen molar-refractivity contribution in [1.29, 1.82) is 0 Å². The van der Waals surface area contributed by atoms with Crippen molar-refractivity contribution in [2.45, 2.75) is 46.1 Å². The number of methoxy groups -OCH3 is 3. The number of aromatic amines is 1. The van der Waals surface area contributed by atoms with Gasteiger partial charge in [-0.15, -0.1) is 0 Å². The summed E-state index contributed by atoms with van der Waals surface area (Å²) in [5.74, 6) is 1.73. The van der Waals surface area contributed by atoms with Crippen molar-refractivity contribution >= 4 is 16.8 Å². The highest BCUT2D eigenvalue weighted by atomic mass is 16.5. The molecule has 1 N–H and O–H groups in total. The van der Waals surface area contributed by atoms with Crippen molar-refractivity contribution in [2.75, 3.05) is 27.9 Å². The van der Waals surface area contributed by atoms with Crippen LogP contribution in [0.15, 0.2) is 12.1 Å². The number of amides is 1. The maximum absolute atomic E-state index is 13.4. The van der Waals surface area contributed by atoms with Crippen LogP contribution in [0.5, 0.6) is 17.2 Å². The maximum atomic E-state index is 13.4. The predicted molar refractivity (Wildman–Crippen MR) is 109 cm³/mol. The molecular weight excluding hydrogens is 356 g/mol. The molecule has 1 aliphatic heterocycles. The van der Waals surface area contributed by atoms with Crippen LogP contribution in [0, 0.1) is 10.8 Å². The van der Waals surface area contributed by atoms with Gasteiger partial charge in [-0.05, 0) is 36.2 Å². The minimum absolute atomic E-state index is 0.0580. The van der Waals surface area contributed by atoms with Crippen LogP contribution in [-0.4, -0.2) is 49.7 Å². The third kappa shape index (κ3) is 2.90. The quantitative estimate of drug-likeness (QED) is 0.854. The van der Waals surface area contributed by atoms with E-state index in [1.165, 1.54) is 0 Å². The van der Waals surface area contributed by atoms with Gasteiger partial charge in [0.1, 0.15) is 5.69 Å². The fourth-order valence-electron chi connectivity index (χ4n) is 5.72. The first-order valence-corrected chi connectivity index (χ1v) is 9.83. The van der Waals surface area contributed by atoms with Crippen molar-refractivity contribution in [3.05, 3.63) is 17.8 Å². The Morgan fingerprint density at radius 2 is 1.79 bits per heavy atom. The highest BCUT2D eigenvalue weighted by molar-refractivity contribution is 6.01. The molecule has 1 aromatic carbocycles. The summed E-state index contributed by atoms with van der Waals surface area (Å²) in [6.45, 7) is 7.77. The number of ether oxygens (including phenoxy) is 3. The highest BCUT2D eigenvalue weighted by Crippen LogP contribution is 2.53. The van der Waals surface area contributed by atoms with Crippen molar-refractivity contribution in [1.82, 2.24) is 9.88 Å². The van der Waals surface area contributed by atoms with E-state index in [2.05, 4.69) is 30.7 Å². The third-order valence-corrected chi connectivity index (χ3v) is 6.33. The van der Waals surface area contributed by atoms with Crippen LogP contribution in [-0.2, 0) is 0 Å². The number of fused-ring (bicyclic) bond motifs is 3. The van der Waals surface area contributed by atoms with E-state index in [0.29, 0.717) is 29.0 Å². The topological polar surface area (TPSA) is 63.8 Å². The molecule has 2 fully saturated rings. The molecule has 0 spiro atoms. The zero-order chi connectivity index (χ0) is 20.3. The molecular formula is C22H30N2O4. The van der Waals surface area contributed by atoms with Crippen molar-refractivity contribution < 1.29 is 19.0 Å². The lowest BCUT2D eigenvalue weighted by molar-refractivity contribution is 0.0703. The smallest absolute Gasteiger partial charge is 0.270 e. The largest absolute Gasteiger partial charge is 0.493 e. The van der Waals surface area contributed by atoms with Gasteiger partial charge in [-0.1, -0.05) is 20.8 Å². The Kier molecular flexibility index (Phi) is 4.28. The molecule has 2 bridgehead atoms. The third-order valence-electron chi connectivity index (χ3n) is 6.33. The van der Waals surface area contributed by atoms with Gasteiger partial charge in [0.15, 0.2) is 11.5 Å². The van der Waals surface area contributed by atoms with E-state index in [1.54, 1.807) is 21.3 Å². The molecule has 152 valence electrons. The standard InChI is InChI=1S/C22H30N2O4/c1-21(2)9-13-10-22(3,11-21)12-24(13)20(25)16-7-14-15(23-16)8-17(26-4)19(28-6)18(14)27-5/h7-8,13,23H,9-12H2,1-6H3/t13-,22+/m0/s1. The molecule has 1 amide bonds. The van der Waals surface area contributed by atoms with Gasteiger partial charge in [0.05, 0.1) is 26.8 Å². The lowest BCUT2D eigenvalue weighted by Crippen LogP contribution is -2.37. The minimum Gasteiger partial charge on any atom is -0.493 e. The number of hydrogen-bond acceptors (Lipinski definition) is 4. The number of aromatic nitrogens is 1. The van der Waals surface area contributed by atoms with Crippen LogP contribution in [0.2, 0.25) is 0 Å². The molecule has 6 nitrogen and oxygen atoms in total. The summed E-state index contributed by atoms with van der Waals surface area (Å²) < 4.78 is 16.5. The number of nitrogens with one attached hydrogen (secondary N) is 1. The minimum atomic E-state index is 0.0580. The van der Waals surface area contributed by atoms with E-state index in [4.69, 9.17) is 14.2 Å². The Labute approximate surface area is 166 Å². The molecule has 6 heteroatoms. The average molecular weight is 386 g/mol. The van der Waals surface area contributed by atoms with Gasteiger partial charge in [-0.3, -0.25) is 4.79 Å². The summed E-state index contributed by atoms with van der Waals surface area (Å²) in [6.07, 6.45) is 3.31. The number of hydrogen-bond donors (Lipinski definition) is 1. The first-order chi connectivity index (χ1) is 13.2. The van der Waals surface area contributed by atoms with Gasteiger partial charge in [-0.25, -0.2) is 0 Å². The van der Waals surface area contributed by atoms with Crippen LogP contribution < -0.4 is 14.2 Å². The summed E-state index contributed by atoms with van der Waals surface area (Å²) >= 11 is 0. The molecule has 2 aromatic rings. The van der Waals surface area contributed by atoms with Crippen molar-refractivity contribution in [3.63, 3.8) is 0 Å². The van der Waals surface area contributed by atoms with Crippen LogP contribution in [0.4, 0.5) is 0 Å². The summed E-state index contributed by atoms with van der Waals surface area (Å²) in [5.41, 5.74) is 1.86. The Morgan fingerprint density at radius 1 is 1.07 bits per heavy atom. The molecule has 1 saturated heterocycles. The molecule has 1 aromatic heterocycles. The summed E-state index contributed by atoms with van der Waals surface area (Å²) in [4.78, 5) is 18.8. The highest BCUT2D eigenvalue weighted by Gasteiger charge is 2.51. The van der Waals surface area contributed by atoms with Gasteiger partial charge in [0, 0.05) is 24.0 Å². The van der Waals surface area contributed by atoms with Gasteiger partial charge >= 0.3 is 0 Å². The monoisotopic (exact) mass is 386 g/mol. The SMILES string of the molecule is COc1cc2[nH]c(C(=O)N3C[C@]4(C)C[C@@H]3CC(C)(C)C4)cc2c(OC)c1OC. The van der Waals surface area contributed by atoms with E-state index in [-0.39, 0.29) is 16.7 Å². The fraction of sp³-hybridized carbons (Fsp3) is 0.591. The molecule has 0 radical (unpaired) electrons. The lowest BCUT2D eigenvalue weighted by atomic mass is 9.65. The van der Waals surface area contributed by atoms with Crippen LogP contribution in [0.1, 0.15) is 50.5 Å². The van der Waals surface area contributed by atoms with Gasteiger partial charge in [0.25, 0.3) is 5.91 Å². The number of benzene rings is 1. The maximum Gasteiger partial charge on any atom is 0.270 e. The number of likely N-dealkylation sites (tertiary alicyclic amines) is 1. The molecule has 2 heterocycles. The molecule has 0 unspecified atom stereocenters. The summed E-state index contributed by atoms with van der Waals surface area (Å²) in [5, 5.41) is 0.817. The molecule has 1 saturated carbocycles. The Hall–Kier alpha value is -2.37. The number of carbonyl (C=O) groups excluding carboxylic acids is 1. The molecule has 2 aliphatic rings. The van der Waals surface area contributed by atoms with E-state index in [0.717, 1.165) is 36.7 Å². The molecule has 4 rings (SSSR count). The van der Waals surface area contributed by atoms with Gasteiger partial charge < -0.3 is 24.1 Å². The van der Waals surface area contributed by atoms with Crippen LogP contribution in [0.3, 0.4) is 0 Å². The second-order valence-electron chi connectivity index (χ2n) is 9.44. The summed E-state index contributed by atoms with van der Waals surface area (Å²) in [6, 6.07) is 4.02. The number of carbonyl (C=O) groups is 1. The zero-order valence-electron chi connectivity index (χ0n) is 17.6. The van der Waals surface area contributed by atoms with Crippen molar-refractivity contribution in [2.24, 2.45) is 10.8 Å². The second-order valence-corrected chi connectivity index (χ2v) is 9.44. The lowest BCUT2D eigenvalue weighted by Gasteiger charge is -2.39. The van der Waals surface area contributed by atoms with Crippen LogP contribution in [0.25, 0.3) is 10.9 Å². The predicted octanol–water partition coefficient (Wildman–Crippen LogP) is 4.23. The van der Waals surface area contributed by atoms with Crippen molar-refractivity contribution in [3.8, 4) is 17.2 Å². The van der Waals surface area contributed by atoms with E-state index < -0.39 is 0 Å². The molecule has 2 atom stereocenters. The van der Waals surface area contributed by atoms with Gasteiger partial charge in [0.2, 0.25) is 5.75 Å². The molecule has 28 heavy (non-hydrogen) atoms. The Bertz CT molecular complexity index is 932. The summed E-state index contributed by atoms with van der Waals surface area (Å²) in [7, 11) is 4.76. The Balaban J connectivity index is 1.73. The number of H-pyrrole nitrogens is 1. The number of rotatable bonds is 4. The van der Waals surface area contributed by atoms with Crippen LogP contribution >= 0.6 is 0 Å².